The van der Waals surface area contributed by atoms with Crippen molar-refractivity contribution in [3.8, 4) is 5.75 Å². The third-order valence-corrected chi connectivity index (χ3v) is 5.49. The zero-order valence-corrected chi connectivity index (χ0v) is 15.1. The van der Waals surface area contributed by atoms with Gasteiger partial charge in [0.2, 0.25) is 0 Å². The Morgan fingerprint density at radius 3 is 3.04 bits per heavy atom. The Bertz CT molecular complexity index is 731. The number of aliphatic hydroxyl groups is 1. The molecule has 25 heavy (non-hydrogen) atoms. The Kier molecular flexibility index (Phi) is 5.71. The normalized spacial score (nSPS) is 23.2. The van der Waals surface area contributed by atoms with Crippen LogP contribution in [0.4, 0.5) is 0 Å². The lowest BCUT2D eigenvalue weighted by Gasteiger charge is -2.33. The number of benzene rings is 1. The number of pyridine rings is 1. The first-order valence-electron chi connectivity index (χ1n) is 9.08. The van der Waals surface area contributed by atoms with Crippen LogP contribution in [0.1, 0.15) is 31.4 Å². The summed E-state index contributed by atoms with van der Waals surface area (Å²) in [5.41, 5.74) is 1.82. The molecule has 4 nitrogen and oxygen atoms in total. The lowest BCUT2D eigenvalue weighted by Crippen LogP contribution is -2.36. The molecule has 0 spiro atoms. The summed E-state index contributed by atoms with van der Waals surface area (Å²) in [7, 11) is 1.66. The second-order valence-electron chi connectivity index (χ2n) is 7.09. The molecular formula is C21H28N2O2. The Morgan fingerprint density at radius 1 is 1.44 bits per heavy atom. The summed E-state index contributed by atoms with van der Waals surface area (Å²) in [6, 6.07) is 7.73. The van der Waals surface area contributed by atoms with Crippen LogP contribution in [0, 0.1) is 17.8 Å². The average Bonchev–Trinajstić information content (AvgIpc) is 2.66. The van der Waals surface area contributed by atoms with Crippen LogP contribution >= 0.6 is 0 Å². The molecule has 0 aliphatic carbocycles. The molecule has 1 aliphatic heterocycles. The van der Waals surface area contributed by atoms with Gasteiger partial charge in [-0.05, 0) is 67.0 Å². The number of hydrogen-bond donors (Lipinski definition) is 2. The molecule has 4 atom stereocenters. The highest BCUT2D eigenvalue weighted by molar-refractivity contribution is 5.83. The second kappa shape index (κ2) is 7.98. The molecule has 1 saturated heterocycles. The highest BCUT2D eigenvalue weighted by atomic mass is 16.5. The fraction of sp³-hybridized carbons (Fsp3) is 0.476. The van der Waals surface area contributed by atoms with E-state index < -0.39 is 6.10 Å². The van der Waals surface area contributed by atoms with Crippen LogP contribution in [0.5, 0.6) is 5.75 Å². The van der Waals surface area contributed by atoms with E-state index in [1.165, 1.54) is 0 Å². The molecule has 0 bridgehead atoms. The van der Waals surface area contributed by atoms with Crippen LogP contribution < -0.4 is 10.1 Å². The van der Waals surface area contributed by atoms with Gasteiger partial charge in [0, 0.05) is 18.1 Å². The van der Waals surface area contributed by atoms with E-state index in [0.29, 0.717) is 11.8 Å². The minimum Gasteiger partial charge on any atom is -0.497 e. The monoisotopic (exact) mass is 340 g/mol. The first-order valence-corrected chi connectivity index (χ1v) is 9.08. The maximum Gasteiger partial charge on any atom is 0.119 e. The number of nitrogens with one attached hydrogen (secondary N) is 1. The molecule has 1 aromatic carbocycles. The summed E-state index contributed by atoms with van der Waals surface area (Å²) in [4.78, 5) is 4.41. The Balaban J connectivity index is 1.83. The van der Waals surface area contributed by atoms with Gasteiger partial charge in [-0.25, -0.2) is 0 Å². The molecule has 0 radical (unpaired) electrons. The number of aromatic nitrogens is 1. The standard InChI is InChI=1S/C21H28N2O2/c1-4-15-13-22-9-7-16(15)11-14(2)21(24)18-8-10-23-20-6-5-17(25-3)12-19(18)20/h4-6,8,10,12,14-16,21-22,24H,1,7,9,11,13H2,2-3H3/t14-,15+,16+,21-/m1/s1. The lowest BCUT2D eigenvalue weighted by molar-refractivity contribution is 0.0928. The van der Waals surface area contributed by atoms with E-state index >= 15 is 0 Å². The zero-order valence-electron chi connectivity index (χ0n) is 15.1. The smallest absolute Gasteiger partial charge is 0.119 e. The van der Waals surface area contributed by atoms with E-state index in [1.54, 1.807) is 13.3 Å². The number of methoxy groups -OCH3 is 1. The minimum atomic E-state index is -0.516. The van der Waals surface area contributed by atoms with Crippen LogP contribution in [0.2, 0.25) is 0 Å². The largest absolute Gasteiger partial charge is 0.497 e. The van der Waals surface area contributed by atoms with Gasteiger partial charge >= 0.3 is 0 Å². The molecule has 0 saturated carbocycles. The van der Waals surface area contributed by atoms with E-state index in [-0.39, 0.29) is 5.92 Å². The van der Waals surface area contributed by atoms with Crippen LogP contribution in [-0.4, -0.2) is 30.3 Å². The van der Waals surface area contributed by atoms with E-state index in [0.717, 1.165) is 48.1 Å². The van der Waals surface area contributed by atoms with E-state index in [1.807, 2.05) is 24.3 Å². The van der Waals surface area contributed by atoms with Crippen molar-refractivity contribution in [3.63, 3.8) is 0 Å². The number of nitrogens with zero attached hydrogens (tertiary/aromatic N) is 1. The van der Waals surface area contributed by atoms with Gasteiger partial charge in [0.1, 0.15) is 5.75 Å². The number of rotatable bonds is 6. The molecule has 0 unspecified atom stereocenters. The molecule has 2 aromatic rings. The van der Waals surface area contributed by atoms with Gasteiger partial charge in [-0.1, -0.05) is 13.0 Å². The quantitative estimate of drug-likeness (QED) is 0.787. The second-order valence-corrected chi connectivity index (χ2v) is 7.09. The summed E-state index contributed by atoms with van der Waals surface area (Å²) >= 11 is 0. The number of fused-ring (bicyclic) bond motifs is 1. The summed E-state index contributed by atoms with van der Waals surface area (Å²) in [5.74, 6) is 2.01. The van der Waals surface area contributed by atoms with Crippen molar-refractivity contribution >= 4 is 10.9 Å². The van der Waals surface area contributed by atoms with Gasteiger partial charge in [-0.3, -0.25) is 4.98 Å². The average molecular weight is 340 g/mol. The molecule has 0 amide bonds. The van der Waals surface area contributed by atoms with Crippen molar-refractivity contribution < 1.29 is 9.84 Å². The summed E-state index contributed by atoms with van der Waals surface area (Å²) < 4.78 is 5.34. The van der Waals surface area contributed by atoms with Gasteiger partial charge in [0.15, 0.2) is 0 Å². The topological polar surface area (TPSA) is 54.4 Å². The number of piperidine rings is 1. The summed E-state index contributed by atoms with van der Waals surface area (Å²) in [5, 5.41) is 15.4. The van der Waals surface area contributed by atoms with Gasteiger partial charge in [0.05, 0.1) is 18.7 Å². The first-order chi connectivity index (χ1) is 12.1. The van der Waals surface area contributed by atoms with Crippen LogP contribution in [0.3, 0.4) is 0 Å². The third-order valence-electron chi connectivity index (χ3n) is 5.49. The predicted octanol–water partition coefficient (Wildman–Crippen LogP) is 3.71. The van der Waals surface area contributed by atoms with Crippen LogP contribution in [0.15, 0.2) is 43.1 Å². The first kappa shape index (κ1) is 17.9. The SMILES string of the molecule is C=C[C@H]1CNCC[C@H]1C[C@@H](C)[C@@H](O)c1ccnc2ccc(OC)cc12. The van der Waals surface area contributed by atoms with E-state index in [2.05, 4.69) is 29.9 Å². The Labute approximate surface area is 149 Å². The number of hydrogen-bond acceptors (Lipinski definition) is 4. The van der Waals surface area contributed by atoms with Gasteiger partial charge < -0.3 is 15.2 Å². The molecule has 3 rings (SSSR count). The van der Waals surface area contributed by atoms with Crippen LogP contribution in [-0.2, 0) is 0 Å². The highest BCUT2D eigenvalue weighted by Crippen LogP contribution is 2.35. The van der Waals surface area contributed by atoms with Crippen molar-refractivity contribution in [1.82, 2.24) is 10.3 Å². The summed E-state index contributed by atoms with van der Waals surface area (Å²) in [6.07, 6.45) is 5.45. The molecule has 4 heteroatoms. The van der Waals surface area contributed by atoms with Gasteiger partial charge in [-0.15, -0.1) is 6.58 Å². The lowest BCUT2D eigenvalue weighted by atomic mass is 9.78. The van der Waals surface area contributed by atoms with Crippen molar-refractivity contribution in [3.05, 3.63) is 48.7 Å². The van der Waals surface area contributed by atoms with Crippen LogP contribution in [0.25, 0.3) is 10.9 Å². The summed E-state index contributed by atoms with van der Waals surface area (Å²) in [6.45, 7) is 8.16. The molecule has 1 aromatic heterocycles. The van der Waals surface area contributed by atoms with Crippen molar-refractivity contribution in [2.75, 3.05) is 20.2 Å². The van der Waals surface area contributed by atoms with E-state index in [4.69, 9.17) is 4.74 Å². The predicted molar refractivity (Wildman–Crippen MR) is 102 cm³/mol. The van der Waals surface area contributed by atoms with Gasteiger partial charge in [-0.2, -0.15) is 0 Å². The fourth-order valence-electron chi connectivity index (χ4n) is 3.95. The Hall–Kier alpha value is -1.91. The Morgan fingerprint density at radius 2 is 2.28 bits per heavy atom. The maximum absolute atomic E-state index is 11.0. The zero-order chi connectivity index (χ0) is 17.8. The molecule has 2 N–H and O–H groups in total. The molecular weight excluding hydrogens is 312 g/mol. The van der Waals surface area contributed by atoms with Crippen molar-refractivity contribution in [2.24, 2.45) is 17.8 Å². The minimum absolute atomic E-state index is 0.169. The third kappa shape index (κ3) is 3.86. The highest BCUT2D eigenvalue weighted by Gasteiger charge is 2.28. The van der Waals surface area contributed by atoms with Crippen molar-refractivity contribution in [2.45, 2.75) is 25.9 Å². The maximum atomic E-state index is 11.0. The molecule has 134 valence electrons. The van der Waals surface area contributed by atoms with Crippen molar-refractivity contribution in [1.29, 1.82) is 0 Å². The number of aliphatic hydroxyl groups excluding tert-OH is 1. The van der Waals surface area contributed by atoms with E-state index in [9.17, 15) is 5.11 Å². The molecule has 1 fully saturated rings. The fourth-order valence-corrected chi connectivity index (χ4v) is 3.95. The van der Waals surface area contributed by atoms with Gasteiger partial charge in [0.25, 0.3) is 0 Å². The molecule has 1 aliphatic rings. The number of ether oxygens (including phenoxy) is 1. The molecule has 2 heterocycles.